The summed E-state index contributed by atoms with van der Waals surface area (Å²) in [5.41, 5.74) is 5.98. The Bertz CT molecular complexity index is 574. The van der Waals surface area contributed by atoms with Crippen LogP contribution in [0.3, 0.4) is 0 Å². The smallest absolute Gasteiger partial charge is 0.242 e. The first-order valence-electron chi connectivity index (χ1n) is 6.37. The lowest BCUT2D eigenvalue weighted by Gasteiger charge is -2.17. The zero-order valence-electron chi connectivity index (χ0n) is 11.8. The van der Waals surface area contributed by atoms with Crippen LogP contribution in [-0.4, -0.2) is 15.0 Å². The Morgan fingerprint density at radius 2 is 1.85 bits per heavy atom. The predicted molar refractivity (Wildman–Crippen MR) is 83.5 cm³/mol. The molecule has 1 unspecified atom stereocenters. The molecular formula is C13H20Cl2N2O2S. The summed E-state index contributed by atoms with van der Waals surface area (Å²) < 4.78 is 27.1. The van der Waals surface area contributed by atoms with Crippen molar-refractivity contribution < 1.29 is 8.42 Å². The van der Waals surface area contributed by atoms with Gasteiger partial charge in [0.25, 0.3) is 0 Å². The second kappa shape index (κ2) is 7.09. The maximum Gasteiger partial charge on any atom is 0.242 e. The van der Waals surface area contributed by atoms with Gasteiger partial charge in [-0.2, -0.15) is 0 Å². The number of hydrogen-bond donors (Lipinski definition) is 2. The summed E-state index contributed by atoms with van der Waals surface area (Å²) >= 11 is 12.0. The fraction of sp³-hybridized carbons (Fsp3) is 0.538. The van der Waals surface area contributed by atoms with Gasteiger partial charge in [-0.15, -0.1) is 0 Å². The normalized spacial score (nSPS) is 13.8. The van der Waals surface area contributed by atoms with E-state index in [0.717, 1.165) is 0 Å². The molecule has 1 aromatic rings. The molecule has 0 aliphatic heterocycles. The van der Waals surface area contributed by atoms with Crippen LogP contribution in [0, 0.1) is 11.8 Å². The van der Waals surface area contributed by atoms with Crippen LogP contribution in [0.15, 0.2) is 17.0 Å². The molecule has 4 nitrogen and oxygen atoms in total. The van der Waals surface area contributed by atoms with Crippen molar-refractivity contribution in [1.82, 2.24) is 4.72 Å². The fourth-order valence-corrected chi connectivity index (χ4v) is 3.60. The van der Waals surface area contributed by atoms with Gasteiger partial charge in [0.2, 0.25) is 10.0 Å². The standard InChI is InChI=1S/C13H20Cl2N2O2S/c1-8(2)9(3)7-17-20(18,19)12-5-4-11(14)10(6-16)13(12)15/h4-5,8-9,17H,6-7,16H2,1-3H3. The highest BCUT2D eigenvalue weighted by atomic mass is 35.5. The summed E-state index contributed by atoms with van der Waals surface area (Å²) in [6, 6.07) is 2.89. The Morgan fingerprint density at radius 1 is 1.25 bits per heavy atom. The quantitative estimate of drug-likeness (QED) is 0.837. The molecule has 0 saturated heterocycles. The van der Waals surface area contributed by atoms with E-state index in [1.54, 1.807) is 0 Å². The second-order valence-electron chi connectivity index (χ2n) is 5.12. The third-order valence-corrected chi connectivity index (χ3v) is 5.74. The predicted octanol–water partition coefficient (Wildman–Crippen LogP) is 3.02. The number of hydrogen-bond acceptors (Lipinski definition) is 3. The average Bonchev–Trinajstić information content (AvgIpc) is 2.36. The summed E-state index contributed by atoms with van der Waals surface area (Å²) in [6.45, 7) is 6.52. The Morgan fingerprint density at radius 3 is 2.35 bits per heavy atom. The molecule has 0 aliphatic rings. The van der Waals surface area contributed by atoms with Crippen LogP contribution >= 0.6 is 23.2 Å². The monoisotopic (exact) mass is 338 g/mol. The van der Waals surface area contributed by atoms with Crippen LogP contribution in [0.1, 0.15) is 26.3 Å². The van der Waals surface area contributed by atoms with E-state index in [0.29, 0.717) is 23.0 Å². The largest absolute Gasteiger partial charge is 0.326 e. The van der Waals surface area contributed by atoms with Crippen molar-refractivity contribution in [1.29, 1.82) is 0 Å². The molecule has 0 spiro atoms. The van der Waals surface area contributed by atoms with Crippen LogP contribution in [0.5, 0.6) is 0 Å². The van der Waals surface area contributed by atoms with Gasteiger partial charge in [0, 0.05) is 23.7 Å². The Labute approximate surface area is 130 Å². The van der Waals surface area contributed by atoms with Gasteiger partial charge in [0.05, 0.1) is 5.02 Å². The topological polar surface area (TPSA) is 72.2 Å². The van der Waals surface area contributed by atoms with Gasteiger partial charge in [0.1, 0.15) is 4.90 Å². The Balaban J connectivity index is 3.05. The van der Waals surface area contributed by atoms with Gasteiger partial charge < -0.3 is 5.73 Å². The molecule has 114 valence electrons. The minimum absolute atomic E-state index is 0.0139. The molecule has 7 heteroatoms. The van der Waals surface area contributed by atoms with Crippen molar-refractivity contribution in [3.8, 4) is 0 Å². The zero-order valence-corrected chi connectivity index (χ0v) is 14.1. The van der Waals surface area contributed by atoms with Crippen LogP contribution in [0.25, 0.3) is 0 Å². The van der Waals surface area contributed by atoms with E-state index in [-0.39, 0.29) is 22.4 Å². The summed E-state index contributed by atoms with van der Waals surface area (Å²) in [5.74, 6) is 0.614. The number of sulfonamides is 1. The molecule has 0 saturated carbocycles. The lowest BCUT2D eigenvalue weighted by atomic mass is 9.99. The fourth-order valence-electron chi connectivity index (χ4n) is 1.53. The van der Waals surface area contributed by atoms with Crippen molar-refractivity contribution in [3.05, 3.63) is 27.7 Å². The highest BCUT2D eigenvalue weighted by Gasteiger charge is 2.22. The summed E-state index contributed by atoms with van der Waals surface area (Å²) in [4.78, 5) is 0.0139. The summed E-state index contributed by atoms with van der Waals surface area (Å²) in [6.07, 6.45) is 0. The summed E-state index contributed by atoms with van der Waals surface area (Å²) in [7, 11) is -3.67. The lowest BCUT2D eigenvalue weighted by Crippen LogP contribution is -2.30. The highest BCUT2D eigenvalue weighted by Crippen LogP contribution is 2.30. The van der Waals surface area contributed by atoms with Gasteiger partial charge in [-0.05, 0) is 24.0 Å². The lowest BCUT2D eigenvalue weighted by molar-refractivity contribution is 0.414. The van der Waals surface area contributed by atoms with Gasteiger partial charge in [-0.25, -0.2) is 13.1 Å². The third kappa shape index (κ3) is 4.09. The Kier molecular flexibility index (Phi) is 6.28. The summed E-state index contributed by atoms with van der Waals surface area (Å²) in [5, 5.41) is 0.455. The van der Waals surface area contributed by atoms with Gasteiger partial charge in [0.15, 0.2) is 0 Å². The Hall–Kier alpha value is -0.330. The van der Waals surface area contributed by atoms with Crippen molar-refractivity contribution in [2.24, 2.45) is 17.6 Å². The van der Waals surface area contributed by atoms with Crippen molar-refractivity contribution in [3.63, 3.8) is 0 Å². The SMILES string of the molecule is CC(C)C(C)CNS(=O)(=O)c1ccc(Cl)c(CN)c1Cl. The molecular weight excluding hydrogens is 319 g/mol. The number of rotatable bonds is 6. The van der Waals surface area contributed by atoms with Crippen molar-refractivity contribution in [2.45, 2.75) is 32.2 Å². The molecule has 0 fully saturated rings. The van der Waals surface area contributed by atoms with Crippen LogP contribution in [0.4, 0.5) is 0 Å². The molecule has 1 atom stereocenters. The average molecular weight is 339 g/mol. The first-order valence-corrected chi connectivity index (χ1v) is 8.61. The first-order chi connectivity index (χ1) is 9.20. The van der Waals surface area contributed by atoms with E-state index < -0.39 is 10.0 Å². The number of halogens is 2. The second-order valence-corrected chi connectivity index (χ2v) is 7.64. The van der Waals surface area contributed by atoms with Crippen molar-refractivity contribution in [2.75, 3.05) is 6.54 Å². The highest BCUT2D eigenvalue weighted by molar-refractivity contribution is 7.89. The van der Waals surface area contributed by atoms with E-state index in [4.69, 9.17) is 28.9 Å². The van der Waals surface area contributed by atoms with Crippen LogP contribution < -0.4 is 10.5 Å². The molecule has 0 amide bonds. The van der Waals surface area contributed by atoms with E-state index in [1.165, 1.54) is 12.1 Å². The van der Waals surface area contributed by atoms with Gasteiger partial charge >= 0.3 is 0 Å². The molecule has 20 heavy (non-hydrogen) atoms. The molecule has 0 bridgehead atoms. The van der Waals surface area contributed by atoms with Gasteiger partial charge in [-0.3, -0.25) is 0 Å². The van der Waals surface area contributed by atoms with Crippen LogP contribution in [0.2, 0.25) is 10.0 Å². The third-order valence-electron chi connectivity index (χ3n) is 3.38. The number of nitrogens with two attached hydrogens (primary N) is 1. The van der Waals surface area contributed by atoms with Gasteiger partial charge in [-0.1, -0.05) is 44.0 Å². The molecule has 0 radical (unpaired) electrons. The van der Waals surface area contributed by atoms with E-state index in [2.05, 4.69) is 4.72 Å². The number of benzene rings is 1. The minimum Gasteiger partial charge on any atom is -0.326 e. The van der Waals surface area contributed by atoms with Crippen LogP contribution in [-0.2, 0) is 16.6 Å². The maximum atomic E-state index is 12.3. The molecule has 1 aromatic carbocycles. The molecule has 0 heterocycles. The maximum absolute atomic E-state index is 12.3. The molecule has 0 aromatic heterocycles. The zero-order chi connectivity index (χ0) is 15.5. The molecule has 1 rings (SSSR count). The minimum atomic E-state index is -3.67. The first kappa shape index (κ1) is 17.7. The molecule has 0 aliphatic carbocycles. The van der Waals surface area contributed by atoms with Crippen molar-refractivity contribution >= 4 is 33.2 Å². The number of nitrogens with one attached hydrogen (secondary N) is 1. The van der Waals surface area contributed by atoms with E-state index in [1.807, 2.05) is 20.8 Å². The molecule has 3 N–H and O–H groups in total. The van der Waals surface area contributed by atoms with E-state index >= 15 is 0 Å². The van der Waals surface area contributed by atoms with E-state index in [9.17, 15) is 8.42 Å².